The topological polar surface area (TPSA) is 87.1 Å². The van der Waals surface area contributed by atoms with Crippen molar-refractivity contribution in [3.05, 3.63) is 47.7 Å². The molecular weight excluding hydrogens is 268 g/mol. The molecular formula is C15H18N4O2. The Hall–Kier alpha value is -2.63. The highest BCUT2D eigenvalue weighted by atomic mass is 16.3. The smallest absolute Gasteiger partial charge is 0.271 e. The second kappa shape index (κ2) is 7.23. The number of amides is 1. The maximum Gasteiger partial charge on any atom is 0.271 e. The van der Waals surface area contributed by atoms with E-state index in [0.717, 1.165) is 12.1 Å². The Morgan fingerprint density at radius 2 is 1.90 bits per heavy atom. The molecule has 0 spiro atoms. The van der Waals surface area contributed by atoms with E-state index in [1.165, 1.54) is 0 Å². The molecule has 3 N–H and O–H groups in total. The van der Waals surface area contributed by atoms with E-state index in [1.807, 2.05) is 19.1 Å². The van der Waals surface area contributed by atoms with E-state index in [-0.39, 0.29) is 11.7 Å². The fourth-order valence-electron chi connectivity index (χ4n) is 1.80. The van der Waals surface area contributed by atoms with Gasteiger partial charge in [0.05, 0.1) is 0 Å². The Balaban J connectivity index is 1.82. The fourth-order valence-corrected chi connectivity index (χ4v) is 1.80. The van der Waals surface area contributed by atoms with Crippen LogP contribution in [-0.2, 0) is 6.42 Å². The SMILES string of the molecule is CCNc1ccc(C(=O)NCCc2ccc(O)cc2)nn1. The number of carbonyl (C=O) groups excluding carboxylic acids is 1. The summed E-state index contributed by atoms with van der Waals surface area (Å²) in [5, 5.41) is 22.8. The molecule has 0 fully saturated rings. The van der Waals surface area contributed by atoms with Gasteiger partial charge in [-0.1, -0.05) is 12.1 Å². The van der Waals surface area contributed by atoms with E-state index in [0.29, 0.717) is 24.5 Å². The van der Waals surface area contributed by atoms with Crippen LogP contribution in [0.2, 0.25) is 0 Å². The van der Waals surface area contributed by atoms with Crippen molar-refractivity contribution in [2.75, 3.05) is 18.4 Å². The Morgan fingerprint density at radius 3 is 2.52 bits per heavy atom. The van der Waals surface area contributed by atoms with Crippen LogP contribution in [0.5, 0.6) is 5.75 Å². The Labute approximate surface area is 123 Å². The molecule has 0 bridgehead atoms. The Kier molecular flexibility index (Phi) is 5.09. The first kappa shape index (κ1) is 14.8. The van der Waals surface area contributed by atoms with Crippen molar-refractivity contribution in [2.45, 2.75) is 13.3 Å². The number of phenols is 1. The molecule has 0 aliphatic heterocycles. The van der Waals surface area contributed by atoms with E-state index in [4.69, 9.17) is 0 Å². The molecule has 2 rings (SSSR count). The van der Waals surface area contributed by atoms with Gasteiger partial charge in [-0.05, 0) is 43.2 Å². The van der Waals surface area contributed by atoms with Gasteiger partial charge in [0, 0.05) is 13.1 Å². The lowest BCUT2D eigenvalue weighted by atomic mass is 10.1. The first-order chi connectivity index (χ1) is 10.2. The van der Waals surface area contributed by atoms with E-state index in [9.17, 15) is 9.90 Å². The number of anilines is 1. The Morgan fingerprint density at radius 1 is 1.14 bits per heavy atom. The number of nitrogens with zero attached hydrogens (tertiary/aromatic N) is 2. The molecule has 6 nitrogen and oxygen atoms in total. The maximum absolute atomic E-state index is 11.9. The number of aromatic nitrogens is 2. The Bertz CT molecular complexity index is 582. The van der Waals surface area contributed by atoms with Crippen LogP contribution >= 0.6 is 0 Å². The number of nitrogens with one attached hydrogen (secondary N) is 2. The molecule has 0 aliphatic rings. The molecule has 1 aromatic carbocycles. The molecule has 0 saturated carbocycles. The van der Waals surface area contributed by atoms with E-state index < -0.39 is 0 Å². The zero-order valence-electron chi connectivity index (χ0n) is 11.8. The van der Waals surface area contributed by atoms with Gasteiger partial charge in [-0.25, -0.2) is 0 Å². The predicted octanol–water partition coefficient (Wildman–Crippen LogP) is 1.59. The number of benzene rings is 1. The molecule has 2 aromatic rings. The average Bonchev–Trinajstić information content (AvgIpc) is 2.50. The van der Waals surface area contributed by atoms with Crippen LogP contribution in [0.1, 0.15) is 23.0 Å². The summed E-state index contributed by atoms with van der Waals surface area (Å²) in [6, 6.07) is 10.3. The van der Waals surface area contributed by atoms with Crippen molar-refractivity contribution >= 4 is 11.7 Å². The summed E-state index contributed by atoms with van der Waals surface area (Å²) in [5.74, 6) is 0.640. The van der Waals surface area contributed by atoms with Crippen molar-refractivity contribution in [3.8, 4) is 5.75 Å². The minimum absolute atomic E-state index is 0.235. The van der Waals surface area contributed by atoms with E-state index >= 15 is 0 Å². The fraction of sp³-hybridized carbons (Fsp3) is 0.267. The summed E-state index contributed by atoms with van der Waals surface area (Å²) >= 11 is 0. The van der Waals surface area contributed by atoms with Crippen molar-refractivity contribution in [2.24, 2.45) is 0 Å². The molecule has 0 atom stereocenters. The van der Waals surface area contributed by atoms with Gasteiger partial charge in [0.25, 0.3) is 5.91 Å². The second-order valence-corrected chi connectivity index (χ2v) is 4.51. The summed E-state index contributed by atoms with van der Waals surface area (Å²) < 4.78 is 0. The van der Waals surface area contributed by atoms with Gasteiger partial charge in [-0.2, -0.15) is 0 Å². The lowest BCUT2D eigenvalue weighted by Gasteiger charge is -2.05. The third-order valence-electron chi connectivity index (χ3n) is 2.89. The molecule has 0 unspecified atom stereocenters. The predicted molar refractivity (Wildman–Crippen MR) is 80.3 cm³/mol. The molecule has 0 radical (unpaired) electrons. The van der Waals surface area contributed by atoms with Crippen LogP contribution < -0.4 is 10.6 Å². The number of aromatic hydroxyl groups is 1. The van der Waals surface area contributed by atoms with Crippen molar-refractivity contribution in [1.82, 2.24) is 15.5 Å². The highest BCUT2D eigenvalue weighted by molar-refractivity contribution is 5.92. The van der Waals surface area contributed by atoms with Gasteiger partial charge >= 0.3 is 0 Å². The van der Waals surface area contributed by atoms with Gasteiger partial charge in [0.1, 0.15) is 11.6 Å². The first-order valence-corrected chi connectivity index (χ1v) is 6.82. The van der Waals surface area contributed by atoms with Gasteiger partial charge in [0.2, 0.25) is 0 Å². The van der Waals surface area contributed by atoms with Crippen LogP contribution in [0, 0.1) is 0 Å². The summed E-state index contributed by atoms with van der Waals surface area (Å²) in [6.45, 7) is 3.22. The number of hydrogen-bond acceptors (Lipinski definition) is 5. The third kappa shape index (κ3) is 4.45. The molecule has 1 heterocycles. The zero-order chi connectivity index (χ0) is 15.1. The van der Waals surface area contributed by atoms with E-state index in [2.05, 4.69) is 20.8 Å². The quantitative estimate of drug-likeness (QED) is 0.750. The lowest BCUT2D eigenvalue weighted by molar-refractivity contribution is 0.0948. The highest BCUT2D eigenvalue weighted by Crippen LogP contribution is 2.09. The summed E-state index contributed by atoms with van der Waals surface area (Å²) in [4.78, 5) is 11.9. The summed E-state index contributed by atoms with van der Waals surface area (Å²) in [7, 11) is 0. The van der Waals surface area contributed by atoms with E-state index in [1.54, 1.807) is 24.3 Å². The van der Waals surface area contributed by atoms with Crippen LogP contribution in [0.3, 0.4) is 0 Å². The summed E-state index contributed by atoms with van der Waals surface area (Å²) in [5.41, 5.74) is 1.34. The van der Waals surface area contributed by atoms with Crippen LogP contribution in [0.4, 0.5) is 5.82 Å². The van der Waals surface area contributed by atoms with Gasteiger partial charge in [0.15, 0.2) is 5.69 Å². The number of rotatable bonds is 6. The van der Waals surface area contributed by atoms with Crippen molar-refractivity contribution < 1.29 is 9.90 Å². The standard InChI is InChI=1S/C15H18N4O2/c1-2-16-14-8-7-13(18-19-14)15(21)17-10-9-11-3-5-12(20)6-4-11/h3-8,20H,2,9-10H2,1H3,(H,16,19)(H,17,21). The lowest BCUT2D eigenvalue weighted by Crippen LogP contribution is -2.26. The zero-order valence-corrected chi connectivity index (χ0v) is 11.8. The second-order valence-electron chi connectivity index (χ2n) is 4.51. The van der Waals surface area contributed by atoms with Crippen molar-refractivity contribution in [1.29, 1.82) is 0 Å². The molecule has 6 heteroatoms. The molecule has 110 valence electrons. The molecule has 1 amide bonds. The molecule has 0 saturated heterocycles. The normalized spacial score (nSPS) is 10.1. The van der Waals surface area contributed by atoms with Crippen molar-refractivity contribution in [3.63, 3.8) is 0 Å². The number of hydrogen-bond donors (Lipinski definition) is 3. The van der Waals surface area contributed by atoms with Crippen LogP contribution in [0.15, 0.2) is 36.4 Å². The number of carbonyl (C=O) groups is 1. The first-order valence-electron chi connectivity index (χ1n) is 6.82. The molecule has 21 heavy (non-hydrogen) atoms. The largest absolute Gasteiger partial charge is 0.508 e. The van der Waals surface area contributed by atoms with Gasteiger partial charge < -0.3 is 15.7 Å². The van der Waals surface area contributed by atoms with Crippen LogP contribution in [0.25, 0.3) is 0 Å². The van der Waals surface area contributed by atoms with Crippen LogP contribution in [-0.4, -0.2) is 34.3 Å². The van der Waals surface area contributed by atoms with Gasteiger partial charge in [-0.3, -0.25) is 4.79 Å². The maximum atomic E-state index is 11.9. The monoisotopic (exact) mass is 286 g/mol. The number of phenolic OH excluding ortho intramolecular Hbond substituents is 1. The molecule has 0 aliphatic carbocycles. The minimum Gasteiger partial charge on any atom is -0.508 e. The third-order valence-corrected chi connectivity index (χ3v) is 2.89. The highest BCUT2D eigenvalue weighted by Gasteiger charge is 2.07. The average molecular weight is 286 g/mol. The molecule has 1 aromatic heterocycles. The van der Waals surface area contributed by atoms with Gasteiger partial charge in [-0.15, -0.1) is 10.2 Å². The minimum atomic E-state index is -0.246. The summed E-state index contributed by atoms with van der Waals surface area (Å²) in [6.07, 6.45) is 0.689.